The van der Waals surface area contributed by atoms with Crippen molar-refractivity contribution in [3.05, 3.63) is 91.0 Å². The quantitative estimate of drug-likeness (QED) is 0.138. The number of rotatable bonds is 7. The van der Waals surface area contributed by atoms with Crippen molar-refractivity contribution in [2.75, 3.05) is 25.1 Å². The van der Waals surface area contributed by atoms with Crippen LogP contribution in [0, 0.1) is 0 Å². The molecule has 0 bridgehead atoms. The Morgan fingerprint density at radius 1 is 0.707 bits per heavy atom. The van der Waals surface area contributed by atoms with Gasteiger partial charge in [-0.25, -0.2) is 9.97 Å². The van der Waals surface area contributed by atoms with Crippen LogP contribution in [0.1, 0.15) is 0 Å². The molecule has 7 aromatic rings. The second kappa shape index (κ2) is 9.80. The van der Waals surface area contributed by atoms with Crippen LogP contribution in [0.4, 0.5) is 11.4 Å². The minimum atomic E-state index is -0.0342. The number of hydrogen-bond donors (Lipinski definition) is 3. The third-order valence-electron chi connectivity index (χ3n) is 6.91. The number of nitrogens with one attached hydrogen (secondary N) is 2. The van der Waals surface area contributed by atoms with Gasteiger partial charge in [0.1, 0.15) is 28.2 Å². The molecule has 41 heavy (non-hydrogen) atoms. The normalized spacial score (nSPS) is 11.3. The van der Waals surface area contributed by atoms with Gasteiger partial charge in [0.25, 0.3) is 0 Å². The molecule has 0 saturated carbocycles. The highest BCUT2D eigenvalue weighted by Crippen LogP contribution is 2.43. The number of hydrazine groups is 1. The van der Waals surface area contributed by atoms with E-state index in [4.69, 9.17) is 18.3 Å². The molecule has 202 valence electrons. The van der Waals surface area contributed by atoms with Gasteiger partial charge in [0.05, 0.1) is 25.5 Å². The molecular formula is C32H24N4O5. The van der Waals surface area contributed by atoms with Crippen LogP contribution >= 0.6 is 0 Å². The molecule has 0 radical (unpaired) electrons. The fraction of sp³-hybridized carbons (Fsp3) is 0.0625. The number of aromatic nitrogens is 2. The fourth-order valence-corrected chi connectivity index (χ4v) is 4.84. The highest BCUT2D eigenvalue weighted by atomic mass is 16.5. The van der Waals surface area contributed by atoms with Crippen molar-refractivity contribution >= 4 is 44.3 Å². The summed E-state index contributed by atoms with van der Waals surface area (Å²) in [5, 5.41) is 13.1. The minimum Gasteiger partial charge on any atom is -0.505 e. The molecule has 5 aromatic carbocycles. The Bertz CT molecular complexity index is 2000. The van der Waals surface area contributed by atoms with Gasteiger partial charge in [-0.05, 0) is 60.0 Å². The van der Waals surface area contributed by atoms with Crippen LogP contribution in [-0.2, 0) is 0 Å². The van der Waals surface area contributed by atoms with E-state index >= 15 is 0 Å². The first-order chi connectivity index (χ1) is 20.1. The Labute approximate surface area is 233 Å². The van der Waals surface area contributed by atoms with E-state index in [0.717, 1.165) is 21.9 Å². The van der Waals surface area contributed by atoms with E-state index < -0.39 is 0 Å². The van der Waals surface area contributed by atoms with Crippen LogP contribution in [0.15, 0.2) is 99.8 Å². The number of oxazole rings is 2. The Morgan fingerprint density at radius 3 is 2.12 bits per heavy atom. The van der Waals surface area contributed by atoms with Crippen molar-refractivity contribution in [1.82, 2.24) is 9.97 Å². The number of methoxy groups -OCH3 is 2. The van der Waals surface area contributed by atoms with Gasteiger partial charge in [0.2, 0.25) is 11.8 Å². The van der Waals surface area contributed by atoms with Crippen LogP contribution in [0.3, 0.4) is 0 Å². The minimum absolute atomic E-state index is 0.0342. The Kier molecular flexibility index (Phi) is 5.82. The maximum absolute atomic E-state index is 11.6. The van der Waals surface area contributed by atoms with E-state index in [1.165, 1.54) is 0 Å². The first kappa shape index (κ1) is 24.3. The smallest absolute Gasteiger partial charge is 0.231 e. The molecule has 2 heterocycles. The van der Waals surface area contributed by atoms with E-state index in [1.807, 2.05) is 72.8 Å². The lowest BCUT2D eigenvalue weighted by Gasteiger charge is -2.18. The van der Waals surface area contributed by atoms with Crippen LogP contribution in [0.25, 0.3) is 55.9 Å². The Hall–Kier alpha value is -5.70. The van der Waals surface area contributed by atoms with Gasteiger partial charge in [0.15, 0.2) is 16.9 Å². The largest absolute Gasteiger partial charge is 0.505 e. The lowest BCUT2D eigenvalue weighted by molar-refractivity contribution is 0.404. The predicted octanol–water partition coefficient (Wildman–Crippen LogP) is 7.62. The molecule has 9 heteroatoms. The number of phenols is 1. The third kappa shape index (κ3) is 4.29. The molecule has 0 aliphatic heterocycles. The molecular weight excluding hydrogens is 520 g/mol. The molecule has 0 amide bonds. The maximum atomic E-state index is 11.6. The SMILES string of the molecule is COc1ccc(OC)c(NNc2c(O)c(-c3nc4ccccc4o3)cc3cc(-c4nc5ccccc5o4)ccc23)c1. The molecule has 0 spiro atoms. The van der Waals surface area contributed by atoms with Gasteiger partial charge < -0.3 is 23.4 Å². The van der Waals surface area contributed by atoms with Crippen molar-refractivity contribution < 1.29 is 23.4 Å². The number of ether oxygens (including phenoxy) is 2. The number of para-hydroxylation sites is 4. The number of aromatic hydroxyl groups is 1. The van der Waals surface area contributed by atoms with Crippen molar-refractivity contribution in [2.24, 2.45) is 0 Å². The van der Waals surface area contributed by atoms with Gasteiger partial charge in [-0.3, -0.25) is 10.9 Å². The van der Waals surface area contributed by atoms with Gasteiger partial charge in [-0.2, -0.15) is 0 Å². The number of hydrogen-bond acceptors (Lipinski definition) is 9. The summed E-state index contributed by atoms with van der Waals surface area (Å²) in [6.45, 7) is 0. The van der Waals surface area contributed by atoms with Crippen LogP contribution in [0.2, 0.25) is 0 Å². The predicted molar refractivity (Wildman–Crippen MR) is 158 cm³/mol. The Balaban J connectivity index is 1.38. The molecule has 0 unspecified atom stereocenters. The molecule has 3 N–H and O–H groups in total. The monoisotopic (exact) mass is 544 g/mol. The molecule has 0 saturated heterocycles. The summed E-state index contributed by atoms with van der Waals surface area (Å²) in [5.74, 6) is 1.99. The average Bonchev–Trinajstić information content (AvgIpc) is 3.64. The summed E-state index contributed by atoms with van der Waals surface area (Å²) in [7, 11) is 3.18. The number of anilines is 2. The lowest BCUT2D eigenvalue weighted by atomic mass is 10.0. The first-order valence-electron chi connectivity index (χ1n) is 12.9. The lowest BCUT2D eigenvalue weighted by Crippen LogP contribution is -2.11. The molecule has 0 fully saturated rings. The van der Waals surface area contributed by atoms with Gasteiger partial charge in [-0.15, -0.1) is 0 Å². The molecule has 7 rings (SSSR count). The average molecular weight is 545 g/mol. The number of nitrogens with zero attached hydrogens (tertiary/aromatic N) is 2. The molecule has 9 nitrogen and oxygen atoms in total. The topological polar surface area (TPSA) is 115 Å². The summed E-state index contributed by atoms with van der Waals surface area (Å²) < 4.78 is 22.9. The molecule has 0 atom stereocenters. The zero-order valence-electron chi connectivity index (χ0n) is 22.1. The van der Waals surface area contributed by atoms with Crippen molar-refractivity contribution in [3.8, 4) is 40.2 Å². The second-order valence-electron chi connectivity index (χ2n) is 9.37. The summed E-state index contributed by atoms with van der Waals surface area (Å²) in [4.78, 5) is 9.28. The number of benzene rings is 5. The molecule has 0 aliphatic carbocycles. The first-order valence-corrected chi connectivity index (χ1v) is 12.9. The van der Waals surface area contributed by atoms with E-state index in [1.54, 1.807) is 32.4 Å². The molecule has 0 aliphatic rings. The zero-order valence-corrected chi connectivity index (χ0v) is 22.1. The summed E-state index contributed by atoms with van der Waals surface area (Å²) in [6, 6.07) is 28.1. The van der Waals surface area contributed by atoms with Crippen molar-refractivity contribution in [2.45, 2.75) is 0 Å². The summed E-state index contributed by atoms with van der Waals surface area (Å²) in [6.07, 6.45) is 0. The summed E-state index contributed by atoms with van der Waals surface area (Å²) in [5.41, 5.74) is 11.4. The fourth-order valence-electron chi connectivity index (χ4n) is 4.84. The van der Waals surface area contributed by atoms with Crippen molar-refractivity contribution in [1.29, 1.82) is 0 Å². The van der Waals surface area contributed by atoms with E-state index in [0.29, 0.717) is 56.9 Å². The van der Waals surface area contributed by atoms with Crippen LogP contribution in [0.5, 0.6) is 17.2 Å². The van der Waals surface area contributed by atoms with Crippen LogP contribution in [-0.4, -0.2) is 29.3 Å². The van der Waals surface area contributed by atoms with E-state index in [-0.39, 0.29) is 5.75 Å². The van der Waals surface area contributed by atoms with Crippen molar-refractivity contribution in [3.63, 3.8) is 0 Å². The van der Waals surface area contributed by atoms with E-state index in [2.05, 4.69) is 20.8 Å². The number of fused-ring (bicyclic) bond motifs is 3. The third-order valence-corrected chi connectivity index (χ3v) is 6.91. The maximum Gasteiger partial charge on any atom is 0.231 e. The Morgan fingerprint density at radius 2 is 1.41 bits per heavy atom. The highest BCUT2D eigenvalue weighted by Gasteiger charge is 2.20. The van der Waals surface area contributed by atoms with Gasteiger partial charge in [-0.1, -0.05) is 30.3 Å². The second-order valence-corrected chi connectivity index (χ2v) is 9.37. The zero-order chi connectivity index (χ0) is 27.9. The molecule has 2 aromatic heterocycles. The van der Waals surface area contributed by atoms with Crippen LogP contribution < -0.4 is 20.3 Å². The van der Waals surface area contributed by atoms with Gasteiger partial charge >= 0.3 is 0 Å². The highest BCUT2D eigenvalue weighted by molar-refractivity contribution is 6.03. The van der Waals surface area contributed by atoms with E-state index in [9.17, 15) is 5.11 Å². The van der Waals surface area contributed by atoms with Gasteiger partial charge in [0, 0.05) is 17.0 Å². The summed E-state index contributed by atoms with van der Waals surface area (Å²) >= 11 is 0. The number of phenolic OH excluding ortho intramolecular Hbond substituents is 1. The standard InChI is InChI=1S/C32H24N4O5/c1-38-20-12-14-26(39-2)25(17-20)35-36-29-21-13-11-18(31-33-23-7-3-5-9-27(23)40-31)15-19(21)16-22(30(29)37)32-34-24-8-4-6-10-28(24)41-32/h3-17,35-37H,1-2H3.